The summed E-state index contributed by atoms with van der Waals surface area (Å²) in [6, 6.07) is 7.79. The molecule has 0 spiro atoms. The number of hydrogen-bond acceptors (Lipinski definition) is 3. The fourth-order valence-electron chi connectivity index (χ4n) is 3.68. The van der Waals surface area contributed by atoms with Crippen molar-refractivity contribution in [1.29, 1.82) is 0 Å². The van der Waals surface area contributed by atoms with Crippen LogP contribution in [0.1, 0.15) is 6.92 Å². The van der Waals surface area contributed by atoms with Crippen LogP contribution in [0.3, 0.4) is 0 Å². The Hall–Kier alpha value is -0.190. The second-order valence-corrected chi connectivity index (χ2v) is 6.57. The molecule has 2 bridgehead atoms. The maximum atomic E-state index is 6.31. The number of piperidine rings is 2. The smallest absolute Gasteiger partial charge is 0.121 e. The van der Waals surface area contributed by atoms with Crippen LogP contribution in [0.2, 0.25) is 5.02 Å². The first-order valence-corrected chi connectivity index (χ1v) is 7.86. The number of nitrogens with zero attached hydrogens (tertiary/aromatic N) is 2. The van der Waals surface area contributed by atoms with Crippen molar-refractivity contribution < 1.29 is 4.74 Å². The number of likely N-dealkylation sites (tertiary alicyclic amines) is 2. The van der Waals surface area contributed by atoms with E-state index < -0.39 is 0 Å². The Balaban J connectivity index is 0.00000121. The molecule has 3 rings (SSSR count). The van der Waals surface area contributed by atoms with Gasteiger partial charge in [0.25, 0.3) is 0 Å². The third-order valence-corrected chi connectivity index (χ3v) is 4.76. The van der Waals surface area contributed by atoms with Crippen molar-refractivity contribution >= 4 is 36.4 Å². The molecular formula is C16H25Cl3N2O. The number of benzene rings is 1. The Morgan fingerprint density at radius 3 is 2.32 bits per heavy atom. The van der Waals surface area contributed by atoms with Crippen LogP contribution in [0.4, 0.5) is 0 Å². The predicted octanol–water partition coefficient (Wildman–Crippen LogP) is 3.44. The molecule has 126 valence electrons. The molecule has 0 N–H and O–H groups in total. The summed E-state index contributed by atoms with van der Waals surface area (Å²) in [7, 11) is 2.22. The molecule has 2 aliphatic rings. The van der Waals surface area contributed by atoms with Gasteiger partial charge in [0.15, 0.2) is 0 Å². The average Bonchev–Trinajstić information content (AvgIpc) is 2.39. The summed E-state index contributed by atoms with van der Waals surface area (Å²) in [5.41, 5.74) is 0. The molecule has 6 heteroatoms. The summed E-state index contributed by atoms with van der Waals surface area (Å²) < 4.78 is 6.31. The van der Waals surface area contributed by atoms with Crippen molar-refractivity contribution in [2.75, 3.05) is 39.8 Å². The molecule has 2 saturated heterocycles. The molecule has 2 heterocycles. The highest BCUT2D eigenvalue weighted by Gasteiger charge is 2.42. The zero-order valence-electron chi connectivity index (χ0n) is 13.1. The van der Waals surface area contributed by atoms with Gasteiger partial charge in [0.2, 0.25) is 0 Å². The van der Waals surface area contributed by atoms with Gasteiger partial charge in [-0.1, -0.05) is 24.6 Å². The number of hydrogen-bond donors (Lipinski definition) is 0. The SMILES string of the molecule is CCN1CC2CN(C)CC(C1)C2Oc1cccc(Cl)c1.Cl.Cl. The lowest BCUT2D eigenvalue weighted by Crippen LogP contribution is -2.61. The minimum Gasteiger partial charge on any atom is -0.490 e. The summed E-state index contributed by atoms with van der Waals surface area (Å²) in [5, 5.41) is 0.746. The number of halogens is 3. The second-order valence-electron chi connectivity index (χ2n) is 6.13. The Morgan fingerprint density at radius 2 is 1.77 bits per heavy atom. The Kier molecular flexibility index (Phi) is 7.76. The maximum absolute atomic E-state index is 6.31. The largest absolute Gasteiger partial charge is 0.490 e. The average molecular weight is 368 g/mol. The summed E-state index contributed by atoms with van der Waals surface area (Å²) >= 11 is 6.06. The monoisotopic (exact) mass is 366 g/mol. The zero-order chi connectivity index (χ0) is 14.1. The molecule has 0 amide bonds. The van der Waals surface area contributed by atoms with E-state index in [1.807, 2.05) is 24.3 Å². The van der Waals surface area contributed by atoms with Crippen molar-refractivity contribution in [3.63, 3.8) is 0 Å². The number of fused-ring (bicyclic) bond motifs is 2. The molecular weight excluding hydrogens is 343 g/mol. The Morgan fingerprint density at radius 1 is 1.14 bits per heavy atom. The first-order chi connectivity index (χ1) is 9.65. The molecule has 0 radical (unpaired) electrons. The summed E-state index contributed by atoms with van der Waals surface area (Å²) in [6.07, 6.45) is 0.326. The lowest BCUT2D eigenvalue weighted by atomic mass is 9.81. The molecule has 0 saturated carbocycles. The predicted molar refractivity (Wildman–Crippen MR) is 97.0 cm³/mol. The third-order valence-electron chi connectivity index (χ3n) is 4.52. The van der Waals surface area contributed by atoms with Crippen LogP contribution in [0.5, 0.6) is 5.75 Å². The van der Waals surface area contributed by atoms with Gasteiger partial charge in [-0.3, -0.25) is 0 Å². The van der Waals surface area contributed by atoms with E-state index in [1.165, 1.54) is 0 Å². The van der Waals surface area contributed by atoms with Crippen LogP contribution in [0.15, 0.2) is 24.3 Å². The van der Waals surface area contributed by atoms with Crippen LogP contribution in [0.25, 0.3) is 0 Å². The molecule has 3 nitrogen and oxygen atoms in total. The minimum absolute atomic E-state index is 0. The van der Waals surface area contributed by atoms with Crippen LogP contribution < -0.4 is 4.74 Å². The topological polar surface area (TPSA) is 15.7 Å². The highest BCUT2D eigenvalue weighted by molar-refractivity contribution is 6.30. The van der Waals surface area contributed by atoms with Crippen LogP contribution >= 0.6 is 36.4 Å². The third kappa shape index (κ3) is 4.42. The normalized spacial score (nSPS) is 28.4. The summed E-state index contributed by atoms with van der Waals surface area (Å²) in [5.74, 6) is 2.09. The van der Waals surface area contributed by atoms with E-state index in [1.54, 1.807) is 0 Å². The quantitative estimate of drug-likeness (QED) is 0.814. The van der Waals surface area contributed by atoms with Gasteiger partial charge in [0, 0.05) is 43.0 Å². The van der Waals surface area contributed by atoms with E-state index in [0.29, 0.717) is 17.9 Å². The molecule has 1 aromatic carbocycles. The van der Waals surface area contributed by atoms with Crippen LogP contribution in [-0.4, -0.2) is 55.7 Å². The van der Waals surface area contributed by atoms with Crippen molar-refractivity contribution in [1.82, 2.24) is 9.80 Å². The van der Waals surface area contributed by atoms with E-state index in [0.717, 1.165) is 43.5 Å². The first kappa shape index (κ1) is 19.9. The molecule has 0 aromatic heterocycles. The lowest BCUT2D eigenvalue weighted by molar-refractivity contribution is -0.0572. The van der Waals surface area contributed by atoms with Gasteiger partial charge in [-0.15, -0.1) is 24.8 Å². The van der Waals surface area contributed by atoms with Gasteiger partial charge < -0.3 is 14.5 Å². The fraction of sp³-hybridized carbons (Fsp3) is 0.625. The van der Waals surface area contributed by atoms with E-state index >= 15 is 0 Å². The Labute approximate surface area is 150 Å². The summed E-state index contributed by atoms with van der Waals surface area (Å²) in [4.78, 5) is 5.00. The van der Waals surface area contributed by atoms with Gasteiger partial charge in [0.1, 0.15) is 11.9 Å². The first-order valence-electron chi connectivity index (χ1n) is 7.49. The van der Waals surface area contributed by atoms with Gasteiger partial charge >= 0.3 is 0 Å². The maximum Gasteiger partial charge on any atom is 0.121 e. The lowest BCUT2D eigenvalue weighted by Gasteiger charge is -2.49. The zero-order valence-corrected chi connectivity index (χ0v) is 15.5. The standard InChI is InChI=1S/C16H23ClN2O.2ClH/c1-3-19-10-12-8-18(2)9-13(11-19)16(12)20-15-6-4-5-14(17)7-15;;/h4-7,12-13,16H,3,8-11H2,1-2H3;2*1H. The molecule has 2 unspecified atom stereocenters. The van der Waals surface area contributed by atoms with Gasteiger partial charge in [-0.25, -0.2) is 0 Å². The Bertz CT molecular complexity index is 458. The van der Waals surface area contributed by atoms with Gasteiger partial charge in [-0.05, 0) is 31.8 Å². The van der Waals surface area contributed by atoms with Crippen molar-refractivity contribution in [2.45, 2.75) is 13.0 Å². The molecule has 2 fully saturated rings. The highest BCUT2D eigenvalue weighted by Crippen LogP contribution is 2.32. The molecule has 2 aliphatic heterocycles. The molecule has 1 aromatic rings. The van der Waals surface area contributed by atoms with Crippen molar-refractivity contribution in [3.8, 4) is 5.75 Å². The fourth-order valence-corrected chi connectivity index (χ4v) is 3.86. The second kappa shape index (κ2) is 8.60. The molecule has 22 heavy (non-hydrogen) atoms. The van der Waals surface area contributed by atoms with Gasteiger partial charge in [-0.2, -0.15) is 0 Å². The van der Waals surface area contributed by atoms with E-state index in [-0.39, 0.29) is 24.8 Å². The number of rotatable bonds is 3. The number of ether oxygens (including phenoxy) is 1. The van der Waals surface area contributed by atoms with Crippen molar-refractivity contribution in [2.24, 2.45) is 11.8 Å². The molecule has 0 aliphatic carbocycles. The van der Waals surface area contributed by atoms with Crippen LogP contribution in [0, 0.1) is 11.8 Å². The minimum atomic E-state index is 0. The van der Waals surface area contributed by atoms with E-state index in [2.05, 4.69) is 23.8 Å². The molecule has 2 atom stereocenters. The van der Waals surface area contributed by atoms with Crippen molar-refractivity contribution in [3.05, 3.63) is 29.3 Å². The summed E-state index contributed by atoms with van der Waals surface area (Å²) in [6.45, 7) is 7.92. The van der Waals surface area contributed by atoms with Gasteiger partial charge in [0.05, 0.1) is 0 Å². The van der Waals surface area contributed by atoms with E-state index in [4.69, 9.17) is 16.3 Å². The van der Waals surface area contributed by atoms with E-state index in [9.17, 15) is 0 Å². The highest BCUT2D eigenvalue weighted by atomic mass is 35.5. The van der Waals surface area contributed by atoms with Crippen LogP contribution in [-0.2, 0) is 0 Å².